The summed E-state index contributed by atoms with van der Waals surface area (Å²) in [5.41, 5.74) is 0. The minimum Gasteiger partial charge on any atom is -0.501 e. The topological polar surface area (TPSA) is 27.7 Å². The van der Waals surface area contributed by atoms with Crippen LogP contribution in [0, 0.1) is 5.92 Å². The molecular formula is C16H28O3. The third-order valence-corrected chi connectivity index (χ3v) is 4.40. The van der Waals surface area contributed by atoms with Crippen LogP contribution < -0.4 is 0 Å². The standard InChI is InChI=1S/C16H28O3/c1-4-5-6-7-8-11-18-16-14-10-9-13(19-14)15(16)12(2)17-3/h13-16H,2,4-11H2,1,3H3/t13-,14+,15+,16+/m1/s1. The van der Waals surface area contributed by atoms with Crippen LogP contribution in [0.15, 0.2) is 12.3 Å². The molecule has 2 aliphatic heterocycles. The van der Waals surface area contributed by atoms with Gasteiger partial charge in [0.1, 0.15) is 0 Å². The Hall–Kier alpha value is -0.540. The maximum absolute atomic E-state index is 6.09. The SMILES string of the molecule is C=C(OC)[C@@H]1[C@@H](OCCCCCCC)[C@@H]2CC[C@H]1O2. The molecule has 0 N–H and O–H groups in total. The Bertz CT molecular complexity index is 290. The highest BCUT2D eigenvalue weighted by atomic mass is 16.6. The molecule has 0 radical (unpaired) electrons. The zero-order valence-electron chi connectivity index (χ0n) is 12.4. The van der Waals surface area contributed by atoms with Crippen LogP contribution in [0.1, 0.15) is 51.9 Å². The molecule has 0 aromatic rings. The summed E-state index contributed by atoms with van der Waals surface area (Å²) >= 11 is 0. The van der Waals surface area contributed by atoms with Gasteiger partial charge >= 0.3 is 0 Å². The van der Waals surface area contributed by atoms with Crippen molar-refractivity contribution in [2.75, 3.05) is 13.7 Å². The molecule has 2 bridgehead atoms. The molecule has 0 unspecified atom stereocenters. The summed E-state index contributed by atoms with van der Waals surface area (Å²) in [6.45, 7) is 7.09. The van der Waals surface area contributed by atoms with Crippen molar-refractivity contribution in [3.8, 4) is 0 Å². The molecule has 2 heterocycles. The van der Waals surface area contributed by atoms with Gasteiger partial charge in [0.15, 0.2) is 0 Å². The Morgan fingerprint density at radius 1 is 1.16 bits per heavy atom. The quantitative estimate of drug-likeness (QED) is 0.471. The minimum absolute atomic E-state index is 0.164. The predicted octanol–water partition coefficient (Wildman–Crippen LogP) is 3.68. The van der Waals surface area contributed by atoms with E-state index in [0.717, 1.165) is 31.6 Å². The second-order valence-corrected chi connectivity index (χ2v) is 5.74. The molecule has 3 nitrogen and oxygen atoms in total. The summed E-state index contributed by atoms with van der Waals surface area (Å²) in [6, 6.07) is 0. The normalized spacial score (nSPS) is 32.7. The highest BCUT2D eigenvalue weighted by Gasteiger charge is 2.51. The molecule has 0 spiro atoms. The Balaban J connectivity index is 1.73. The molecule has 3 heteroatoms. The second kappa shape index (κ2) is 7.30. The van der Waals surface area contributed by atoms with Gasteiger partial charge in [0, 0.05) is 6.61 Å². The summed E-state index contributed by atoms with van der Waals surface area (Å²) in [5.74, 6) is 1.06. The molecule has 4 atom stereocenters. The minimum atomic E-state index is 0.164. The van der Waals surface area contributed by atoms with E-state index in [0.29, 0.717) is 0 Å². The Labute approximate surface area is 117 Å². The molecule has 0 aromatic carbocycles. The van der Waals surface area contributed by atoms with Crippen molar-refractivity contribution >= 4 is 0 Å². The summed E-state index contributed by atoms with van der Waals surface area (Å²) in [6.07, 6.45) is 9.30. The number of methoxy groups -OCH3 is 1. The fourth-order valence-electron chi connectivity index (χ4n) is 3.30. The molecule has 2 aliphatic rings. The highest BCUT2D eigenvalue weighted by Crippen LogP contribution is 2.43. The predicted molar refractivity (Wildman–Crippen MR) is 76.0 cm³/mol. The second-order valence-electron chi connectivity index (χ2n) is 5.74. The van der Waals surface area contributed by atoms with Gasteiger partial charge in [-0.05, 0) is 19.3 Å². The van der Waals surface area contributed by atoms with Crippen molar-refractivity contribution in [3.05, 3.63) is 12.3 Å². The van der Waals surface area contributed by atoms with Crippen LogP contribution in [0.3, 0.4) is 0 Å². The smallest absolute Gasteiger partial charge is 0.0967 e. The van der Waals surface area contributed by atoms with Crippen molar-refractivity contribution in [3.63, 3.8) is 0 Å². The van der Waals surface area contributed by atoms with Crippen LogP contribution in [-0.4, -0.2) is 32.0 Å². The fraction of sp³-hybridized carbons (Fsp3) is 0.875. The van der Waals surface area contributed by atoms with Gasteiger partial charge in [-0.2, -0.15) is 0 Å². The van der Waals surface area contributed by atoms with Crippen LogP contribution in [-0.2, 0) is 14.2 Å². The molecule has 2 saturated heterocycles. The summed E-state index contributed by atoms with van der Waals surface area (Å²) in [4.78, 5) is 0. The average molecular weight is 268 g/mol. The lowest BCUT2D eigenvalue weighted by atomic mass is 9.85. The van der Waals surface area contributed by atoms with Crippen molar-refractivity contribution < 1.29 is 14.2 Å². The molecule has 0 aromatic heterocycles. The van der Waals surface area contributed by atoms with Crippen LogP contribution in [0.25, 0.3) is 0 Å². The van der Waals surface area contributed by atoms with E-state index in [2.05, 4.69) is 13.5 Å². The summed E-state index contributed by atoms with van der Waals surface area (Å²) < 4.78 is 17.4. The molecule has 110 valence electrons. The lowest BCUT2D eigenvalue weighted by molar-refractivity contribution is -0.0164. The van der Waals surface area contributed by atoms with E-state index in [1.54, 1.807) is 7.11 Å². The van der Waals surface area contributed by atoms with Crippen molar-refractivity contribution in [1.82, 2.24) is 0 Å². The van der Waals surface area contributed by atoms with Gasteiger partial charge in [-0.15, -0.1) is 0 Å². The van der Waals surface area contributed by atoms with Crippen LogP contribution in [0.4, 0.5) is 0 Å². The first-order valence-electron chi connectivity index (χ1n) is 7.77. The highest BCUT2D eigenvalue weighted by molar-refractivity contribution is 5.09. The van der Waals surface area contributed by atoms with Crippen molar-refractivity contribution in [2.24, 2.45) is 5.92 Å². The molecule has 2 rings (SSSR count). The third kappa shape index (κ3) is 3.51. The number of rotatable bonds is 9. The third-order valence-electron chi connectivity index (χ3n) is 4.40. The van der Waals surface area contributed by atoms with Crippen LogP contribution >= 0.6 is 0 Å². The first kappa shape index (κ1) is 14.9. The lowest BCUT2D eigenvalue weighted by Crippen LogP contribution is -2.36. The fourth-order valence-corrected chi connectivity index (χ4v) is 3.30. The van der Waals surface area contributed by atoms with Gasteiger partial charge in [-0.25, -0.2) is 0 Å². The van der Waals surface area contributed by atoms with Gasteiger partial charge in [0.2, 0.25) is 0 Å². The van der Waals surface area contributed by atoms with Crippen molar-refractivity contribution in [2.45, 2.75) is 70.2 Å². The summed E-state index contributed by atoms with van der Waals surface area (Å²) in [7, 11) is 1.69. The largest absolute Gasteiger partial charge is 0.501 e. The van der Waals surface area contributed by atoms with Gasteiger partial charge < -0.3 is 14.2 Å². The number of hydrogen-bond donors (Lipinski definition) is 0. The molecular weight excluding hydrogens is 240 g/mol. The van der Waals surface area contributed by atoms with Gasteiger partial charge in [-0.1, -0.05) is 39.2 Å². The van der Waals surface area contributed by atoms with Crippen LogP contribution in [0.5, 0.6) is 0 Å². The van der Waals surface area contributed by atoms with Crippen molar-refractivity contribution in [1.29, 1.82) is 0 Å². The monoisotopic (exact) mass is 268 g/mol. The lowest BCUT2D eigenvalue weighted by Gasteiger charge is -2.28. The molecule has 0 saturated carbocycles. The van der Waals surface area contributed by atoms with Gasteiger partial charge in [0.05, 0.1) is 37.1 Å². The van der Waals surface area contributed by atoms with E-state index in [1.165, 1.54) is 25.7 Å². The maximum atomic E-state index is 6.09. The zero-order valence-corrected chi connectivity index (χ0v) is 12.4. The molecule has 19 heavy (non-hydrogen) atoms. The maximum Gasteiger partial charge on any atom is 0.0967 e. The van der Waals surface area contributed by atoms with E-state index in [9.17, 15) is 0 Å². The van der Waals surface area contributed by atoms with Gasteiger partial charge in [-0.3, -0.25) is 0 Å². The molecule has 2 fully saturated rings. The average Bonchev–Trinajstić information content (AvgIpc) is 3.02. The molecule has 0 aliphatic carbocycles. The first-order chi connectivity index (χ1) is 9.27. The summed E-state index contributed by atoms with van der Waals surface area (Å²) in [5, 5.41) is 0. The zero-order chi connectivity index (χ0) is 13.7. The number of ether oxygens (including phenoxy) is 3. The van der Waals surface area contributed by atoms with E-state index in [4.69, 9.17) is 14.2 Å². The Morgan fingerprint density at radius 2 is 1.89 bits per heavy atom. The number of fused-ring (bicyclic) bond motifs is 2. The number of unbranched alkanes of at least 4 members (excludes halogenated alkanes) is 4. The van der Waals surface area contributed by atoms with Crippen LogP contribution in [0.2, 0.25) is 0 Å². The van der Waals surface area contributed by atoms with Gasteiger partial charge in [0.25, 0.3) is 0 Å². The first-order valence-corrected chi connectivity index (χ1v) is 7.77. The van der Waals surface area contributed by atoms with E-state index >= 15 is 0 Å². The Morgan fingerprint density at radius 3 is 2.63 bits per heavy atom. The van der Waals surface area contributed by atoms with E-state index in [-0.39, 0.29) is 24.2 Å². The Kier molecular flexibility index (Phi) is 5.71. The van der Waals surface area contributed by atoms with E-state index < -0.39 is 0 Å². The molecule has 0 amide bonds. The van der Waals surface area contributed by atoms with E-state index in [1.807, 2.05) is 0 Å². The number of hydrogen-bond acceptors (Lipinski definition) is 3.